The minimum absolute atomic E-state index is 0.0521. The van der Waals surface area contributed by atoms with Gasteiger partial charge in [0.15, 0.2) is 6.54 Å². The van der Waals surface area contributed by atoms with Gasteiger partial charge in [-0.1, -0.05) is 35.4 Å². The molecule has 0 atom stereocenters. The predicted octanol–water partition coefficient (Wildman–Crippen LogP) is 0.623. The number of rotatable bonds is 5. The topological polar surface area (TPSA) is 80.4 Å². The second kappa shape index (κ2) is 8.40. The van der Waals surface area contributed by atoms with Crippen molar-refractivity contribution in [2.24, 2.45) is 0 Å². The summed E-state index contributed by atoms with van der Waals surface area (Å²) in [6.07, 6.45) is 0. The third-order valence-electron chi connectivity index (χ3n) is 5.50. The number of para-hydroxylation sites is 1. The Morgan fingerprint density at radius 3 is 2.59 bits per heavy atom. The Morgan fingerprint density at radius 2 is 1.83 bits per heavy atom. The average molecular weight is 392 g/mol. The van der Waals surface area contributed by atoms with E-state index in [1.54, 1.807) is 4.68 Å². The third kappa shape index (κ3) is 4.27. The fraction of sp³-hybridized carbons (Fsp3) is 0.333. The molecular weight excluding hydrogens is 366 g/mol. The van der Waals surface area contributed by atoms with Crippen LogP contribution in [0.25, 0.3) is 5.69 Å². The van der Waals surface area contributed by atoms with Crippen molar-refractivity contribution in [2.45, 2.75) is 13.8 Å². The van der Waals surface area contributed by atoms with Gasteiger partial charge in [0.05, 0.1) is 31.9 Å². The van der Waals surface area contributed by atoms with Gasteiger partial charge in [-0.3, -0.25) is 4.79 Å². The number of nitrogens with zero attached hydrogens (tertiary/aromatic N) is 5. The number of hydrogen-bond acceptors (Lipinski definition) is 5. The fourth-order valence-corrected chi connectivity index (χ4v) is 3.62. The van der Waals surface area contributed by atoms with Crippen LogP contribution in [0.15, 0.2) is 48.5 Å². The summed E-state index contributed by atoms with van der Waals surface area (Å²) in [5.74, 6) is 0.798. The van der Waals surface area contributed by atoms with Crippen molar-refractivity contribution < 1.29 is 9.69 Å². The first kappa shape index (κ1) is 19.1. The van der Waals surface area contributed by atoms with Crippen LogP contribution in [0.5, 0.6) is 0 Å². The van der Waals surface area contributed by atoms with Crippen molar-refractivity contribution in [1.29, 1.82) is 0 Å². The zero-order chi connectivity index (χ0) is 20.2. The van der Waals surface area contributed by atoms with Gasteiger partial charge in [0.2, 0.25) is 0 Å². The first-order chi connectivity index (χ1) is 14.1. The minimum atomic E-state index is 0.0521. The summed E-state index contributed by atoms with van der Waals surface area (Å²) in [6.45, 7) is 7.89. The zero-order valence-electron chi connectivity index (χ0n) is 16.8. The van der Waals surface area contributed by atoms with Gasteiger partial charge in [-0.2, -0.15) is 4.68 Å². The number of aromatic nitrogens is 4. The van der Waals surface area contributed by atoms with Crippen LogP contribution < -0.4 is 15.1 Å². The molecule has 0 spiro atoms. The maximum Gasteiger partial charge on any atom is 0.279 e. The van der Waals surface area contributed by atoms with Crippen molar-refractivity contribution >= 4 is 17.5 Å². The molecule has 29 heavy (non-hydrogen) atoms. The number of amides is 1. The molecule has 2 aromatic carbocycles. The number of carbonyl (C=O) groups is 1. The minimum Gasteiger partial charge on any atom is -0.328 e. The fourth-order valence-electron chi connectivity index (χ4n) is 3.62. The lowest BCUT2D eigenvalue weighted by atomic mass is 10.1. The molecule has 0 bridgehead atoms. The van der Waals surface area contributed by atoms with Crippen LogP contribution in [0.1, 0.15) is 11.1 Å². The number of benzene rings is 2. The van der Waals surface area contributed by atoms with Crippen LogP contribution >= 0.6 is 0 Å². The van der Waals surface area contributed by atoms with E-state index in [0.29, 0.717) is 6.54 Å². The van der Waals surface area contributed by atoms with E-state index in [2.05, 4.69) is 38.7 Å². The summed E-state index contributed by atoms with van der Waals surface area (Å²) in [5.41, 5.74) is 4.14. The average Bonchev–Trinajstić information content (AvgIpc) is 3.22. The van der Waals surface area contributed by atoms with Crippen LogP contribution in [0.2, 0.25) is 0 Å². The zero-order valence-corrected chi connectivity index (χ0v) is 16.8. The molecule has 2 N–H and O–H groups in total. The van der Waals surface area contributed by atoms with Gasteiger partial charge in [-0.25, -0.2) is 0 Å². The number of nitrogens with one attached hydrogen (secondary N) is 2. The molecule has 1 aromatic heterocycles. The number of piperazine rings is 1. The second-order valence-electron chi connectivity index (χ2n) is 7.44. The molecule has 8 heteroatoms. The van der Waals surface area contributed by atoms with Crippen LogP contribution in [0.3, 0.4) is 0 Å². The first-order valence-corrected chi connectivity index (χ1v) is 9.90. The molecule has 1 saturated heterocycles. The van der Waals surface area contributed by atoms with Gasteiger partial charge >= 0.3 is 0 Å². The van der Waals surface area contributed by atoms with E-state index >= 15 is 0 Å². The summed E-state index contributed by atoms with van der Waals surface area (Å²) >= 11 is 0. The Labute approximate surface area is 170 Å². The van der Waals surface area contributed by atoms with Gasteiger partial charge in [0.1, 0.15) is 0 Å². The Hall–Kier alpha value is -3.26. The number of aryl methyl sites for hydroxylation is 1. The van der Waals surface area contributed by atoms with Gasteiger partial charge in [-0.15, -0.1) is 0 Å². The standard InChI is InChI=1S/C21H25N7O/c1-16-7-6-10-19(17(16)2)22-20(29)15-26-11-13-27(14-12-26)21-23-24-25-28(21)18-8-4-3-5-9-18/h3-10H,11-15H2,1-2H3,(H,22,29)/p+1. The molecule has 0 saturated carbocycles. The van der Waals surface area contributed by atoms with E-state index in [4.69, 9.17) is 0 Å². The Balaban J connectivity index is 1.34. The summed E-state index contributed by atoms with van der Waals surface area (Å²) in [5, 5.41) is 15.3. The predicted molar refractivity (Wildman–Crippen MR) is 111 cm³/mol. The normalized spacial score (nSPS) is 14.8. The maximum absolute atomic E-state index is 12.5. The summed E-state index contributed by atoms with van der Waals surface area (Å²) in [7, 11) is 0. The second-order valence-corrected chi connectivity index (χ2v) is 7.44. The molecule has 3 aromatic rings. The van der Waals surface area contributed by atoms with E-state index in [1.165, 1.54) is 10.5 Å². The van der Waals surface area contributed by atoms with Gasteiger partial charge in [-0.05, 0) is 53.6 Å². The number of tetrazole rings is 1. The monoisotopic (exact) mass is 392 g/mol. The van der Waals surface area contributed by atoms with Crippen molar-refractivity contribution in [3.8, 4) is 5.69 Å². The molecule has 1 fully saturated rings. The highest BCUT2D eigenvalue weighted by molar-refractivity contribution is 5.92. The molecule has 1 amide bonds. The highest BCUT2D eigenvalue weighted by Crippen LogP contribution is 2.18. The Kier molecular flexibility index (Phi) is 5.53. The lowest BCUT2D eigenvalue weighted by Gasteiger charge is -2.32. The number of carbonyl (C=O) groups excluding carboxylic acids is 1. The van der Waals surface area contributed by atoms with E-state index in [9.17, 15) is 4.79 Å². The highest BCUT2D eigenvalue weighted by atomic mass is 16.2. The van der Waals surface area contributed by atoms with Crippen LogP contribution in [-0.4, -0.2) is 58.8 Å². The first-order valence-electron chi connectivity index (χ1n) is 9.90. The molecule has 0 radical (unpaired) electrons. The third-order valence-corrected chi connectivity index (χ3v) is 5.50. The highest BCUT2D eigenvalue weighted by Gasteiger charge is 2.26. The molecule has 1 aliphatic rings. The Bertz CT molecular complexity index is 978. The van der Waals surface area contributed by atoms with Gasteiger partial charge in [0.25, 0.3) is 11.9 Å². The molecule has 1 aliphatic heterocycles. The van der Waals surface area contributed by atoms with E-state index in [1.807, 2.05) is 49.4 Å². The number of hydrogen-bond donors (Lipinski definition) is 2. The maximum atomic E-state index is 12.5. The van der Waals surface area contributed by atoms with Crippen molar-refractivity contribution in [1.82, 2.24) is 20.2 Å². The molecule has 8 nitrogen and oxygen atoms in total. The molecule has 0 aliphatic carbocycles. The Morgan fingerprint density at radius 1 is 1.07 bits per heavy atom. The van der Waals surface area contributed by atoms with Crippen LogP contribution in [0, 0.1) is 13.8 Å². The lowest BCUT2D eigenvalue weighted by Crippen LogP contribution is -3.15. The number of quaternary nitrogens is 1. The summed E-state index contributed by atoms with van der Waals surface area (Å²) in [4.78, 5) is 16.0. The SMILES string of the molecule is Cc1cccc(NC(=O)C[NH+]2CCN(c3nnnn3-c3ccccc3)CC2)c1C. The van der Waals surface area contributed by atoms with E-state index in [-0.39, 0.29) is 5.91 Å². The molecular formula is C21H26N7O+. The van der Waals surface area contributed by atoms with Crippen molar-refractivity contribution in [3.63, 3.8) is 0 Å². The molecule has 2 heterocycles. The quantitative estimate of drug-likeness (QED) is 0.666. The van der Waals surface area contributed by atoms with E-state index in [0.717, 1.165) is 49.1 Å². The van der Waals surface area contributed by atoms with Gasteiger partial charge < -0.3 is 15.1 Å². The summed E-state index contributed by atoms with van der Waals surface area (Å²) < 4.78 is 1.76. The molecule has 0 unspecified atom stereocenters. The largest absolute Gasteiger partial charge is 0.328 e. The van der Waals surface area contributed by atoms with Crippen LogP contribution in [0.4, 0.5) is 11.6 Å². The molecule has 150 valence electrons. The van der Waals surface area contributed by atoms with Gasteiger partial charge in [0, 0.05) is 5.69 Å². The number of anilines is 2. The van der Waals surface area contributed by atoms with Crippen molar-refractivity contribution in [2.75, 3.05) is 42.9 Å². The van der Waals surface area contributed by atoms with Crippen LogP contribution in [-0.2, 0) is 4.79 Å². The summed E-state index contributed by atoms with van der Waals surface area (Å²) in [6, 6.07) is 15.9. The van der Waals surface area contributed by atoms with Crippen molar-refractivity contribution in [3.05, 3.63) is 59.7 Å². The smallest absolute Gasteiger partial charge is 0.279 e. The lowest BCUT2D eigenvalue weighted by molar-refractivity contribution is -0.892. The van der Waals surface area contributed by atoms with E-state index < -0.39 is 0 Å². The molecule has 4 rings (SSSR count).